The SMILES string of the molecule is CC1(C)O[C@H]([C@H](O)CO[Si](c2ccccc2)(c2ccccc2)C(C)(C)C)[C@H](C(=O)c2sc(Br)cc2Br)O1. The normalized spacial score (nSPS) is 20.6. The molecule has 0 spiro atoms. The standard InChI is InChI=1S/C28H32Br2O5SSi/c1-27(2,3)37(18-12-8-6-9-13-18,19-14-10-7-11-15-19)33-17-21(31)24-25(35-28(4,5)34-24)23(32)26-20(29)16-22(30)36-26/h6-16,21,24-25,31H,17H2,1-5H3/t21-,24-,25+/m1/s1. The van der Waals surface area contributed by atoms with Crippen LogP contribution in [-0.4, -0.2) is 49.9 Å². The Hall–Kier alpha value is -1.17. The highest BCUT2D eigenvalue weighted by Crippen LogP contribution is 2.39. The lowest BCUT2D eigenvalue weighted by Gasteiger charge is -2.43. The van der Waals surface area contributed by atoms with Crippen LogP contribution >= 0.6 is 43.2 Å². The molecule has 0 unspecified atom stereocenters. The van der Waals surface area contributed by atoms with Crippen molar-refractivity contribution in [3.63, 3.8) is 0 Å². The molecular formula is C28H32Br2O5SSi. The summed E-state index contributed by atoms with van der Waals surface area (Å²) in [5, 5.41) is 13.5. The zero-order chi connectivity index (χ0) is 27.0. The van der Waals surface area contributed by atoms with E-state index >= 15 is 0 Å². The molecule has 5 nitrogen and oxygen atoms in total. The molecule has 37 heavy (non-hydrogen) atoms. The Morgan fingerprint density at radius 1 is 1.05 bits per heavy atom. The van der Waals surface area contributed by atoms with Gasteiger partial charge in [0.1, 0.15) is 12.2 Å². The summed E-state index contributed by atoms with van der Waals surface area (Å²) < 4.78 is 20.5. The maximum atomic E-state index is 13.5. The van der Waals surface area contributed by atoms with Gasteiger partial charge in [-0.1, -0.05) is 81.4 Å². The number of hydrogen-bond acceptors (Lipinski definition) is 6. The average molecular weight is 669 g/mol. The molecule has 1 aliphatic heterocycles. The van der Waals surface area contributed by atoms with Gasteiger partial charge in [0.05, 0.1) is 15.3 Å². The fourth-order valence-corrected chi connectivity index (χ4v) is 12.1. The van der Waals surface area contributed by atoms with Crippen molar-refractivity contribution in [1.29, 1.82) is 0 Å². The first-order chi connectivity index (χ1) is 17.4. The van der Waals surface area contributed by atoms with E-state index in [0.717, 1.165) is 14.2 Å². The minimum absolute atomic E-state index is 0.00350. The van der Waals surface area contributed by atoms with Crippen molar-refractivity contribution in [2.45, 2.75) is 63.8 Å². The highest BCUT2D eigenvalue weighted by Gasteiger charge is 2.53. The molecule has 198 valence electrons. The van der Waals surface area contributed by atoms with E-state index < -0.39 is 32.4 Å². The minimum atomic E-state index is -2.87. The molecule has 2 heterocycles. The summed E-state index contributed by atoms with van der Waals surface area (Å²) in [6.07, 6.45) is -2.93. The predicted octanol–water partition coefficient (Wildman–Crippen LogP) is 5.91. The van der Waals surface area contributed by atoms with Gasteiger partial charge in [-0.25, -0.2) is 0 Å². The zero-order valence-corrected chi connectivity index (χ0v) is 26.5. The Bertz CT molecular complexity index is 1190. The van der Waals surface area contributed by atoms with Gasteiger partial charge in [0.25, 0.3) is 8.32 Å². The monoisotopic (exact) mass is 666 g/mol. The lowest BCUT2D eigenvalue weighted by Crippen LogP contribution is -2.67. The van der Waals surface area contributed by atoms with Crippen LogP contribution in [0.25, 0.3) is 0 Å². The van der Waals surface area contributed by atoms with Gasteiger partial charge in [-0.2, -0.15) is 0 Å². The first-order valence-electron chi connectivity index (χ1n) is 12.1. The third-order valence-electron chi connectivity index (χ3n) is 6.53. The molecule has 0 radical (unpaired) electrons. The van der Waals surface area contributed by atoms with E-state index in [2.05, 4.69) is 76.9 Å². The molecule has 9 heteroatoms. The highest BCUT2D eigenvalue weighted by molar-refractivity contribution is 9.11. The molecule has 0 aliphatic carbocycles. The first kappa shape index (κ1) is 28.8. The fourth-order valence-electron chi connectivity index (χ4n) is 4.98. The smallest absolute Gasteiger partial charge is 0.261 e. The number of thiophene rings is 1. The number of carbonyl (C=O) groups is 1. The van der Waals surface area contributed by atoms with Crippen LogP contribution in [0.15, 0.2) is 75.0 Å². The summed E-state index contributed by atoms with van der Waals surface area (Å²) >= 11 is 8.22. The molecule has 1 aromatic heterocycles. The van der Waals surface area contributed by atoms with Gasteiger partial charge in [-0.3, -0.25) is 4.79 Å². The molecule has 1 aliphatic rings. The van der Waals surface area contributed by atoms with Gasteiger partial charge in [-0.05, 0) is 67.2 Å². The fraction of sp³-hybridized carbons (Fsp3) is 0.393. The highest BCUT2D eigenvalue weighted by atomic mass is 79.9. The molecule has 4 rings (SSSR count). The van der Waals surface area contributed by atoms with E-state index in [1.54, 1.807) is 13.8 Å². The third-order valence-corrected chi connectivity index (χ3v) is 14.1. The summed E-state index contributed by atoms with van der Waals surface area (Å²) in [6, 6.07) is 22.3. The zero-order valence-electron chi connectivity index (χ0n) is 21.5. The van der Waals surface area contributed by atoms with Crippen LogP contribution in [-0.2, 0) is 13.9 Å². The van der Waals surface area contributed by atoms with Gasteiger partial charge in [-0.15, -0.1) is 11.3 Å². The van der Waals surface area contributed by atoms with Gasteiger partial charge in [0.2, 0.25) is 5.78 Å². The van der Waals surface area contributed by atoms with Crippen LogP contribution in [0.1, 0.15) is 44.3 Å². The van der Waals surface area contributed by atoms with Crippen molar-refractivity contribution in [2.24, 2.45) is 0 Å². The predicted molar refractivity (Wildman–Crippen MR) is 157 cm³/mol. The lowest BCUT2D eigenvalue weighted by atomic mass is 10.0. The molecule has 1 N–H and O–H groups in total. The largest absolute Gasteiger partial charge is 0.405 e. The van der Waals surface area contributed by atoms with E-state index in [9.17, 15) is 9.90 Å². The van der Waals surface area contributed by atoms with Gasteiger partial charge >= 0.3 is 0 Å². The summed E-state index contributed by atoms with van der Waals surface area (Å²) in [4.78, 5) is 14.0. The lowest BCUT2D eigenvalue weighted by molar-refractivity contribution is -0.155. The van der Waals surface area contributed by atoms with Crippen LogP contribution in [0, 0.1) is 0 Å². The van der Waals surface area contributed by atoms with Crippen LogP contribution in [0.5, 0.6) is 0 Å². The molecule has 0 bridgehead atoms. The number of halogens is 2. The second-order valence-corrected chi connectivity index (χ2v) is 18.2. The van der Waals surface area contributed by atoms with Crippen molar-refractivity contribution >= 4 is 67.7 Å². The molecule has 3 aromatic rings. The molecule has 0 saturated carbocycles. The van der Waals surface area contributed by atoms with E-state index in [0.29, 0.717) is 9.35 Å². The first-order valence-corrected chi connectivity index (χ1v) is 16.4. The molecule has 1 fully saturated rings. The number of hydrogen-bond donors (Lipinski definition) is 1. The Balaban J connectivity index is 1.67. The Morgan fingerprint density at radius 2 is 1.59 bits per heavy atom. The second kappa shape index (κ2) is 11.1. The molecule has 2 aromatic carbocycles. The molecule has 1 saturated heterocycles. The van der Waals surface area contributed by atoms with Gasteiger partial charge < -0.3 is 19.0 Å². The van der Waals surface area contributed by atoms with Crippen molar-refractivity contribution in [1.82, 2.24) is 0 Å². The van der Waals surface area contributed by atoms with Gasteiger partial charge in [0.15, 0.2) is 11.9 Å². The van der Waals surface area contributed by atoms with Crippen molar-refractivity contribution in [3.8, 4) is 0 Å². The average Bonchev–Trinajstić information content (AvgIpc) is 3.36. The maximum absolute atomic E-state index is 13.5. The minimum Gasteiger partial charge on any atom is -0.405 e. The Labute approximate surface area is 240 Å². The van der Waals surface area contributed by atoms with E-state index in [-0.39, 0.29) is 17.4 Å². The van der Waals surface area contributed by atoms with E-state index in [1.807, 2.05) is 42.5 Å². The summed E-state index contributed by atoms with van der Waals surface area (Å²) in [5.74, 6) is -1.26. The van der Waals surface area contributed by atoms with Crippen molar-refractivity contribution in [2.75, 3.05) is 6.61 Å². The van der Waals surface area contributed by atoms with E-state index in [1.165, 1.54) is 11.3 Å². The topological polar surface area (TPSA) is 65.0 Å². The third kappa shape index (κ3) is 5.89. The number of ketones is 1. The summed E-state index contributed by atoms with van der Waals surface area (Å²) in [5.41, 5.74) is 0. The number of rotatable bonds is 8. The quantitative estimate of drug-likeness (QED) is 0.239. The summed E-state index contributed by atoms with van der Waals surface area (Å²) in [7, 11) is -2.87. The number of aliphatic hydroxyl groups excluding tert-OH is 1. The number of carbonyl (C=O) groups excluding carboxylic acids is 1. The number of Topliss-reactive ketones (excluding diaryl/α,β-unsaturated/α-hetero) is 1. The van der Waals surface area contributed by atoms with Gasteiger partial charge in [0, 0.05) is 4.47 Å². The van der Waals surface area contributed by atoms with Crippen LogP contribution in [0.4, 0.5) is 0 Å². The van der Waals surface area contributed by atoms with Crippen molar-refractivity contribution < 1.29 is 23.8 Å². The maximum Gasteiger partial charge on any atom is 0.261 e. The molecule has 3 atom stereocenters. The number of aliphatic hydroxyl groups is 1. The Morgan fingerprint density at radius 3 is 2.05 bits per heavy atom. The number of ether oxygens (including phenoxy) is 2. The second-order valence-electron chi connectivity index (χ2n) is 10.7. The molecular weight excluding hydrogens is 636 g/mol. The van der Waals surface area contributed by atoms with Crippen LogP contribution in [0.3, 0.4) is 0 Å². The number of benzene rings is 2. The van der Waals surface area contributed by atoms with Crippen molar-refractivity contribution in [3.05, 3.63) is 79.9 Å². The van der Waals surface area contributed by atoms with Crippen LogP contribution in [0.2, 0.25) is 5.04 Å². The summed E-state index contributed by atoms with van der Waals surface area (Å²) in [6.45, 7) is 10.1. The Kier molecular flexibility index (Phi) is 8.67. The van der Waals surface area contributed by atoms with E-state index in [4.69, 9.17) is 13.9 Å². The molecule has 0 amide bonds. The van der Waals surface area contributed by atoms with Crippen LogP contribution < -0.4 is 10.4 Å².